The van der Waals surface area contributed by atoms with E-state index in [1.165, 1.54) is 5.56 Å². The summed E-state index contributed by atoms with van der Waals surface area (Å²) in [4.78, 5) is 28.5. The van der Waals surface area contributed by atoms with Crippen molar-refractivity contribution in [1.82, 2.24) is 41.7 Å². The molecule has 0 unspecified atom stereocenters. The van der Waals surface area contributed by atoms with Gasteiger partial charge < -0.3 is 52.7 Å². The minimum Gasteiger partial charge on any atom is -0.411 e. The van der Waals surface area contributed by atoms with Crippen molar-refractivity contribution in [2.24, 2.45) is 20.6 Å². The third kappa shape index (κ3) is 22.8. The molecule has 0 aromatic heterocycles. The summed E-state index contributed by atoms with van der Waals surface area (Å²) in [6.45, 7) is 35.2. The number of benzene rings is 1. The molecule has 1 aromatic rings. The molecular weight excluding hydrogens is 793 g/mol. The monoisotopic (exact) mass is 877 g/mol. The van der Waals surface area contributed by atoms with E-state index in [4.69, 9.17) is 20.8 Å². The molecule has 18 nitrogen and oxygen atoms in total. The second kappa shape index (κ2) is 29.2. The van der Waals surface area contributed by atoms with Crippen molar-refractivity contribution in [3.05, 3.63) is 35.4 Å². The standard InChI is InChI=1S/C25H44N6O3.C19H40N6O3/c1-8-21-9-11-22(12-10-21)23(32)26-13-16-31(17-14-27-24(4,5)19(2)29-33)18-15-28-25(6,7)20(3)30-34;1-8-17(26)20-9-12-25(13-10-21-18(4,5)15(2)23-27)14-11-22-19(6,7)16(3)24-28/h9-12,27-28,33-34H,8,13-18H2,1-7H3,(H,26,32);21-22,27-28H,8-14H2,1-7H3,(H,20,26)/b29-19+,30-20+;23-15+,24-16+. The second-order valence-corrected chi connectivity index (χ2v) is 17.6. The SMILES string of the molecule is CCC(=O)NCCN(CCNC(C)(C)/C(C)=N/O)CCNC(C)(C)/C(C)=N/O.CCc1ccc(C(=O)NCCN(CCNC(C)(C)/C(C)=N/O)CCNC(C)(C)/C(C)=N/O)cc1. The fraction of sp³-hybridized carbons (Fsp3) is 0.727. The lowest BCUT2D eigenvalue weighted by Gasteiger charge is -2.30. The van der Waals surface area contributed by atoms with Gasteiger partial charge in [0.1, 0.15) is 0 Å². The number of oxime groups is 4. The van der Waals surface area contributed by atoms with Gasteiger partial charge in [-0.25, -0.2) is 0 Å². The summed E-state index contributed by atoms with van der Waals surface area (Å²) in [7, 11) is 0. The zero-order valence-electron chi connectivity index (χ0n) is 40.5. The topological polar surface area (TPSA) is 243 Å². The van der Waals surface area contributed by atoms with E-state index in [0.717, 1.165) is 39.1 Å². The minimum atomic E-state index is -0.422. The number of hydrogen-bond acceptors (Lipinski definition) is 16. The van der Waals surface area contributed by atoms with Crippen LogP contribution in [0.25, 0.3) is 0 Å². The van der Waals surface area contributed by atoms with Gasteiger partial charge in [0.2, 0.25) is 5.91 Å². The van der Waals surface area contributed by atoms with Crippen LogP contribution < -0.4 is 31.9 Å². The number of nitrogens with zero attached hydrogens (tertiary/aromatic N) is 6. The van der Waals surface area contributed by atoms with Gasteiger partial charge in [0.15, 0.2) is 0 Å². The Labute approximate surface area is 372 Å². The maximum absolute atomic E-state index is 12.5. The lowest BCUT2D eigenvalue weighted by Crippen LogP contribution is -2.51. The van der Waals surface area contributed by atoms with Crippen LogP contribution in [0.4, 0.5) is 0 Å². The summed E-state index contributed by atoms with van der Waals surface area (Å²) in [5.74, 6) is -0.0336. The summed E-state index contributed by atoms with van der Waals surface area (Å²) in [5.41, 5.74) is 2.70. The number of carbonyl (C=O) groups is 2. The lowest BCUT2D eigenvalue weighted by atomic mass is 9.99. The molecule has 2 amide bonds. The van der Waals surface area contributed by atoms with Crippen molar-refractivity contribution < 1.29 is 30.4 Å². The maximum atomic E-state index is 12.5. The van der Waals surface area contributed by atoms with Crippen LogP contribution in [-0.4, -0.2) is 166 Å². The van der Waals surface area contributed by atoms with E-state index in [1.54, 1.807) is 27.7 Å². The molecule has 0 heterocycles. The van der Waals surface area contributed by atoms with Crippen LogP contribution in [-0.2, 0) is 11.2 Å². The largest absolute Gasteiger partial charge is 0.411 e. The van der Waals surface area contributed by atoms with Gasteiger partial charge in [-0.15, -0.1) is 0 Å². The number of carbonyl (C=O) groups excluding carboxylic acids is 2. The molecule has 0 atom stereocenters. The van der Waals surface area contributed by atoms with E-state index in [9.17, 15) is 9.59 Å². The number of rotatable bonds is 29. The fourth-order valence-electron chi connectivity index (χ4n) is 5.59. The van der Waals surface area contributed by atoms with Crippen molar-refractivity contribution >= 4 is 34.7 Å². The normalized spacial score (nSPS) is 13.6. The molecule has 356 valence electrons. The van der Waals surface area contributed by atoms with Crippen LogP contribution >= 0.6 is 0 Å². The second-order valence-electron chi connectivity index (χ2n) is 17.6. The molecule has 0 aliphatic carbocycles. The molecule has 0 aliphatic heterocycles. The zero-order chi connectivity index (χ0) is 47.6. The van der Waals surface area contributed by atoms with Gasteiger partial charge in [-0.3, -0.25) is 19.4 Å². The Morgan fingerprint density at radius 3 is 1.06 bits per heavy atom. The highest BCUT2D eigenvalue weighted by atomic mass is 16.4. The van der Waals surface area contributed by atoms with Gasteiger partial charge in [-0.2, -0.15) is 0 Å². The Bertz CT molecular complexity index is 1500. The molecule has 0 aliphatic rings. The zero-order valence-corrected chi connectivity index (χ0v) is 40.5. The van der Waals surface area contributed by atoms with Crippen molar-refractivity contribution in [3.8, 4) is 0 Å². The smallest absolute Gasteiger partial charge is 0.251 e. The van der Waals surface area contributed by atoms with E-state index in [2.05, 4.69) is 69.2 Å². The van der Waals surface area contributed by atoms with Crippen LogP contribution in [0.3, 0.4) is 0 Å². The molecule has 1 rings (SSSR count). The third-order valence-corrected chi connectivity index (χ3v) is 11.6. The molecule has 0 bridgehead atoms. The van der Waals surface area contributed by atoms with Crippen LogP contribution in [0.1, 0.15) is 119 Å². The predicted octanol–water partition coefficient (Wildman–Crippen LogP) is 3.97. The Kier molecular flexibility index (Phi) is 27.2. The van der Waals surface area contributed by atoms with Gasteiger partial charge in [-0.1, -0.05) is 46.6 Å². The molecule has 0 spiro atoms. The number of aryl methyl sites for hydroxylation is 1. The molecular formula is C44H84N12O6. The summed E-state index contributed by atoms with van der Waals surface area (Å²) < 4.78 is 0. The van der Waals surface area contributed by atoms with E-state index >= 15 is 0 Å². The van der Waals surface area contributed by atoms with E-state index in [1.807, 2.05) is 86.6 Å². The summed E-state index contributed by atoms with van der Waals surface area (Å²) in [6.07, 6.45) is 1.42. The molecule has 0 saturated heterocycles. The molecule has 0 radical (unpaired) electrons. The first kappa shape index (κ1) is 57.8. The summed E-state index contributed by atoms with van der Waals surface area (Å²) >= 11 is 0. The average Bonchev–Trinajstić information content (AvgIpc) is 3.24. The molecule has 10 N–H and O–H groups in total. The van der Waals surface area contributed by atoms with Crippen LogP contribution in [0.2, 0.25) is 0 Å². The lowest BCUT2D eigenvalue weighted by molar-refractivity contribution is -0.120. The van der Waals surface area contributed by atoms with Gasteiger partial charge >= 0.3 is 0 Å². The first-order chi connectivity index (χ1) is 29.0. The predicted molar refractivity (Wildman–Crippen MR) is 252 cm³/mol. The minimum absolute atomic E-state index is 0.0445. The highest BCUT2D eigenvalue weighted by Crippen LogP contribution is 2.09. The molecule has 18 heteroatoms. The molecule has 62 heavy (non-hydrogen) atoms. The fourth-order valence-corrected chi connectivity index (χ4v) is 5.59. The van der Waals surface area contributed by atoms with Crippen LogP contribution in [0.5, 0.6) is 0 Å². The number of amides is 2. The Morgan fingerprint density at radius 1 is 0.500 bits per heavy atom. The Balaban J connectivity index is 0.00000123. The maximum Gasteiger partial charge on any atom is 0.251 e. The van der Waals surface area contributed by atoms with Crippen molar-refractivity contribution in [1.29, 1.82) is 0 Å². The molecule has 0 fully saturated rings. The first-order valence-corrected chi connectivity index (χ1v) is 21.8. The number of hydrogen-bond donors (Lipinski definition) is 10. The summed E-state index contributed by atoms with van der Waals surface area (Å²) in [5, 5.41) is 68.9. The molecule has 0 saturated carbocycles. The highest BCUT2D eigenvalue weighted by molar-refractivity contribution is 5.94. The third-order valence-electron chi connectivity index (χ3n) is 11.6. The van der Waals surface area contributed by atoms with Gasteiger partial charge in [0.05, 0.1) is 45.0 Å². The van der Waals surface area contributed by atoms with Gasteiger partial charge in [0.25, 0.3) is 5.91 Å². The van der Waals surface area contributed by atoms with Crippen molar-refractivity contribution in [2.45, 2.75) is 132 Å². The van der Waals surface area contributed by atoms with Crippen molar-refractivity contribution in [3.63, 3.8) is 0 Å². The first-order valence-electron chi connectivity index (χ1n) is 21.8. The quantitative estimate of drug-likeness (QED) is 0.0313. The van der Waals surface area contributed by atoms with Gasteiger partial charge in [0, 0.05) is 90.5 Å². The Morgan fingerprint density at radius 2 is 0.790 bits per heavy atom. The number of nitrogens with one attached hydrogen (secondary N) is 6. The van der Waals surface area contributed by atoms with E-state index < -0.39 is 22.2 Å². The Hall–Kier alpha value is -4.20. The molecule has 1 aromatic carbocycles. The average molecular weight is 877 g/mol. The summed E-state index contributed by atoms with van der Waals surface area (Å²) in [6, 6.07) is 7.69. The van der Waals surface area contributed by atoms with Crippen LogP contribution in [0, 0.1) is 0 Å². The van der Waals surface area contributed by atoms with Crippen LogP contribution in [0.15, 0.2) is 44.9 Å². The van der Waals surface area contributed by atoms with Crippen molar-refractivity contribution in [2.75, 3.05) is 78.5 Å². The van der Waals surface area contributed by atoms with E-state index in [-0.39, 0.29) is 11.8 Å². The van der Waals surface area contributed by atoms with E-state index in [0.29, 0.717) is 80.6 Å². The highest BCUT2D eigenvalue weighted by Gasteiger charge is 2.25. The van der Waals surface area contributed by atoms with Gasteiger partial charge in [-0.05, 0) is 107 Å².